The molecular weight excluding hydrogens is 701 g/mol. The van der Waals surface area contributed by atoms with Crippen molar-refractivity contribution in [2.45, 2.75) is 0 Å². The number of nitrogens with zero attached hydrogens (tertiary/aromatic N) is 2. The molecule has 1 heterocycles. The van der Waals surface area contributed by atoms with Crippen LogP contribution in [0.5, 0.6) is 0 Å². The van der Waals surface area contributed by atoms with Crippen LogP contribution in [0.2, 0.25) is 0 Å². The molecule has 2 nitrogen and oxygen atoms in total. The van der Waals surface area contributed by atoms with Crippen LogP contribution in [0.15, 0.2) is 206 Å². The highest BCUT2D eigenvalue weighted by Crippen LogP contribution is 2.44. The summed E-state index contributed by atoms with van der Waals surface area (Å²) in [6.07, 6.45) is 1.89. The van der Waals surface area contributed by atoms with E-state index in [1.54, 1.807) is 0 Å². The molecule has 0 saturated heterocycles. The van der Waals surface area contributed by atoms with Crippen molar-refractivity contribution in [1.82, 2.24) is 9.97 Å². The van der Waals surface area contributed by atoms with Crippen molar-refractivity contribution in [3.05, 3.63) is 206 Å². The molecule has 12 aromatic rings. The average molecular weight is 735 g/mol. The summed E-state index contributed by atoms with van der Waals surface area (Å²) < 4.78 is 0. The minimum Gasteiger partial charge on any atom is -0.252 e. The Morgan fingerprint density at radius 3 is 1.22 bits per heavy atom. The van der Waals surface area contributed by atoms with Crippen molar-refractivity contribution in [3.8, 4) is 56.0 Å². The summed E-state index contributed by atoms with van der Waals surface area (Å²) in [6.45, 7) is 0. The first-order chi connectivity index (χ1) is 28.7. The fourth-order valence-corrected chi connectivity index (χ4v) is 9.27. The highest BCUT2D eigenvalue weighted by molar-refractivity contribution is 6.37. The third kappa shape index (κ3) is 5.12. The van der Waals surface area contributed by atoms with E-state index in [0.717, 1.165) is 39.3 Å². The summed E-state index contributed by atoms with van der Waals surface area (Å²) in [5.41, 5.74) is 10.5. The van der Waals surface area contributed by atoms with Crippen molar-refractivity contribution in [1.29, 1.82) is 0 Å². The van der Waals surface area contributed by atoms with E-state index in [0.29, 0.717) is 0 Å². The first kappa shape index (κ1) is 32.6. The van der Waals surface area contributed by atoms with E-state index < -0.39 is 0 Å². The lowest BCUT2D eigenvalue weighted by Gasteiger charge is -2.17. The van der Waals surface area contributed by atoms with E-state index in [1.807, 2.05) is 42.6 Å². The van der Waals surface area contributed by atoms with Crippen LogP contribution in [0.25, 0.3) is 121 Å². The van der Waals surface area contributed by atoms with Gasteiger partial charge in [0, 0.05) is 16.7 Å². The molecule has 2 heteroatoms. The molecule has 58 heavy (non-hydrogen) atoms. The van der Waals surface area contributed by atoms with Gasteiger partial charge in [0.25, 0.3) is 0 Å². The molecule has 0 unspecified atom stereocenters. The first-order valence-corrected chi connectivity index (χ1v) is 19.9. The Bertz CT molecular complexity index is 3510. The van der Waals surface area contributed by atoms with E-state index in [4.69, 9.17) is 9.97 Å². The zero-order valence-corrected chi connectivity index (χ0v) is 31.5. The Morgan fingerprint density at radius 1 is 0.259 bits per heavy atom. The number of rotatable bonds is 5. The van der Waals surface area contributed by atoms with Crippen molar-refractivity contribution in [2.75, 3.05) is 0 Å². The van der Waals surface area contributed by atoms with Crippen molar-refractivity contribution < 1.29 is 0 Å². The molecule has 11 aromatic carbocycles. The van der Waals surface area contributed by atoms with Gasteiger partial charge in [0.05, 0.1) is 23.3 Å². The van der Waals surface area contributed by atoms with E-state index in [9.17, 15) is 0 Å². The summed E-state index contributed by atoms with van der Waals surface area (Å²) in [5.74, 6) is 0. The Morgan fingerprint density at radius 2 is 0.690 bits per heavy atom. The van der Waals surface area contributed by atoms with Crippen LogP contribution < -0.4 is 0 Å². The van der Waals surface area contributed by atoms with Gasteiger partial charge in [-0.25, -0.2) is 4.98 Å². The second-order valence-corrected chi connectivity index (χ2v) is 15.3. The topological polar surface area (TPSA) is 25.8 Å². The normalized spacial score (nSPS) is 11.8. The molecule has 0 radical (unpaired) electrons. The molecule has 0 aliphatic carbocycles. The predicted octanol–water partition coefficient (Wildman–Crippen LogP) is 15.2. The molecule has 0 aliphatic heterocycles. The van der Waals surface area contributed by atoms with Crippen molar-refractivity contribution in [2.24, 2.45) is 0 Å². The summed E-state index contributed by atoms with van der Waals surface area (Å²) >= 11 is 0. The summed E-state index contributed by atoms with van der Waals surface area (Å²) in [7, 11) is 0. The standard InChI is InChI=1S/C56H34N2/c1-3-10-42(11-4-1)55-56(43-12-5-2-6-13-43)58-50(34-57-55)38-26-24-36(25-27-38)35-20-22-37(23-21-35)45-32-44-31-30-41-15-8-18-47-46-17-7-14-39-28-29-40-16-9-19-48(53(40)51(39)46)49(33-45)54(44)52(41)47/h1-34H. The van der Waals surface area contributed by atoms with Gasteiger partial charge in [-0.2, -0.15) is 0 Å². The molecule has 0 N–H and O–H groups in total. The quantitative estimate of drug-likeness (QED) is 0.165. The average Bonchev–Trinajstić information content (AvgIpc) is 3.30. The van der Waals surface area contributed by atoms with Crippen LogP contribution in [0.1, 0.15) is 0 Å². The molecule has 0 aliphatic rings. The fraction of sp³-hybridized carbons (Fsp3) is 0. The van der Waals surface area contributed by atoms with E-state index in [-0.39, 0.29) is 0 Å². The van der Waals surface area contributed by atoms with Crippen LogP contribution >= 0.6 is 0 Å². The van der Waals surface area contributed by atoms with E-state index >= 15 is 0 Å². The van der Waals surface area contributed by atoms with E-state index in [2.05, 4.69) is 164 Å². The van der Waals surface area contributed by atoms with Crippen LogP contribution in [-0.2, 0) is 0 Å². The van der Waals surface area contributed by atoms with Gasteiger partial charge in [-0.05, 0) is 99.0 Å². The molecule has 1 aromatic heterocycles. The molecule has 0 bridgehead atoms. The number of hydrogen-bond acceptors (Lipinski definition) is 2. The fourth-order valence-electron chi connectivity index (χ4n) is 9.27. The first-order valence-electron chi connectivity index (χ1n) is 19.9. The Hall–Kier alpha value is -7.68. The van der Waals surface area contributed by atoms with E-state index in [1.165, 1.54) is 81.3 Å². The lowest BCUT2D eigenvalue weighted by atomic mass is 9.86. The number of hydrogen-bond donors (Lipinski definition) is 0. The minimum atomic E-state index is 0.850. The van der Waals surface area contributed by atoms with Gasteiger partial charge in [-0.3, -0.25) is 4.98 Å². The highest BCUT2D eigenvalue weighted by atomic mass is 14.8. The zero-order valence-electron chi connectivity index (χ0n) is 31.5. The Balaban J connectivity index is 0.955. The van der Waals surface area contributed by atoms with Gasteiger partial charge < -0.3 is 0 Å². The lowest BCUT2D eigenvalue weighted by Crippen LogP contribution is -1.96. The monoisotopic (exact) mass is 734 g/mol. The van der Waals surface area contributed by atoms with Crippen molar-refractivity contribution in [3.63, 3.8) is 0 Å². The number of benzene rings is 10. The summed E-state index contributed by atoms with van der Waals surface area (Å²) in [4.78, 5) is 10.1. The summed E-state index contributed by atoms with van der Waals surface area (Å²) in [5, 5.41) is 15.6. The van der Waals surface area contributed by atoms with Gasteiger partial charge in [0.2, 0.25) is 0 Å². The smallest absolute Gasteiger partial charge is 0.0972 e. The van der Waals surface area contributed by atoms with Gasteiger partial charge in [-0.15, -0.1) is 0 Å². The molecule has 0 amide bonds. The van der Waals surface area contributed by atoms with Crippen LogP contribution in [-0.4, -0.2) is 9.97 Å². The van der Waals surface area contributed by atoms with Gasteiger partial charge in [0.15, 0.2) is 0 Å². The summed E-state index contributed by atoms with van der Waals surface area (Å²) in [6, 6.07) is 72.6. The predicted molar refractivity (Wildman–Crippen MR) is 245 cm³/mol. The second-order valence-electron chi connectivity index (χ2n) is 15.3. The lowest BCUT2D eigenvalue weighted by molar-refractivity contribution is 1.21. The maximum atomic E-state index is 5.18. The molecule has 268 valence electrons. The Kier molecular flexibility index (Phi) is 7.26. The van der Waals surface area contributed by atoms with Crippen LogP contribution in [0, 0.1) is 0 Å². The maximum Gasteiger partial charge on any atom is 0.0972 e. The second kappa shape index (κ2) is 12.9. The highest BCUT2D eigenvalue weighted by Gasteiger charge is 2.17. The molecule has 0 spiro atoms. The van der Waals surface area contributed by atoms with Gasteiger partial charge >= 0.3 is 0 Å². The molecule has 0 fully saturated rings. The molecule has 0 atom stereocenters. The zero-order chi connectivity index (χ0) is 38.2. The van der Waals surface area contributed by atoms with Gasteiger partial charge in [0.1, 0.15) is 0 Å². The SMILES string of the molecule is c1ccc(-c2ncc(-c3ccc(-c4ccc(-c5cc6ccc7cccc8c9cccc%10ccc%11cccc(c(c5)c6c78)c%11c%109)cc4)cc3)nc2-c2ccccc2)cc1. The van der Waals surface area contributed by atoms with Crippen LogP contribution in [0.3, 0.4) is 0 Å². The van der Waals surface area contributed by atoms with Crippen LogP contribution in [0.4, 0.5) is 0 Å². The Labute approximate surface area is 335 Å². The number of aromatic nitrogens is 2. The third-order valence-electron chi connectivity index (χ3n) is 12.0. The minimum absolute atomic E-state index is 0.850. The largest absolute Gasteiger partial charge is 0.252 e. The molecular formula is C56H34N2. The molecule has 12 rings (SSSR count). The number of fused-ring (bicyclic) bond motifs is 2. The third-order valence-corrected chi connectivity index (χ3v) is 12.0. The van der Waals surface area contributed by atoms with Crippen molar-refractivity contribution >= 4 is 64.6 Å². The maximum absolute atomic E-state index is 5.18. The van der Waals surface area contributed by atoms with Gasteiger partial charge in [-0.1, -0.05) is 188 Å². The molecule has 0 saturated carbocycles.